The van der Waals surface area contributed by atoms with Crippen LogP contribution in [0.1, 0.15) is 45.2 Å². The predicted octanol–water partition coefficient (Wildman–Crippen LogP) is 3.24. The molecule has 0 radical (unpaired) electrons. The Labute approximate surface area is 180 Å². The van der Waals surface area contributed by atoms with Gasteiger partial charge in [0.1, 0.15) is 6.04 Å². The van der Waals surface area contributed by atoms with E-state index in [9.17, 15) is 9.59 Å². The average Bonchev–Trinajstić information content (AvgIpc) is 3.39. The Morgan fingerprint density at radius 3 is 2.53 bits per heavy atom. The highest BCUT2D eigenvalue weighted by molar-refractivity contribution is 7.10. The van der Waals surface area contributed by atoms with Gasteiger partial charge in [0, 0.05) is 11.6 Å². The summed E-state index contributed by atoms with van der Waals surface area (Å²) in [5.74, 6) is -0.260. The largest absolute Gasteiger partial charge is 0.349 e. The SMILES string of the molecule is Cc1ccc([C@H]([NH2+]CC(=O)Nc2ccccc2C(=O)NC2CC2)c2cccs2)cc1. The molecule has 1 atom stereocenters. The van der Waals surface area contributed by atoms with Crippen LogP contribution in [0, 0.1) is 6.92 Å². The Balaban J connectivity index is 1.43. The molecule has 0 aliphatic heterocycles. The van der Waals surface area contributed by atoms with E-state index in [0.717, 1.165) is 12.8 Å². The summed E-state index contributed by atoms with van der Waals surface area (Å²) in [6.45, 7) is 2.33. The number of nitrogens with two attached hydrogens (primary N) is 1. The van der Waals surface area contributed by atoms with Gasteiger partial charge in [0.15, 0.2) is 6.54 Å². The van der Waals surface area contributed by atoms with Gasteiger partial charge in [-0.2, -0.15) is 0 Å². The van der Waals surface area contributed by atoms with E-state index >= 15 is 0 Å². The molecule has 2 amide bonds. The molecule has 0 unspecified atom stereocenters. The van der Waals surface area contributed by atoms with E-state index in [1.54, 1.807) is 23.5 Å². The van der Waals surface area contributed by atoms with E-state index in [1.807, 2.05) is 23.5 Å². The van der Waals surface area contributed by atoms with Crippen LogP contribution in [0.2, 0.25) is 0 Å². The van der Waals surface area contributed by atoms with Crippen LogP contribution in [0.4, 0.5) is 5.69 Å². The highest BCUT2D eigenvalue weighted by Crippen LogP contribution is 2.23. The molecule has 3 aromatic rings. The number of aryl methyl sites for hydroxylation is 1. The van der Waals surface area contributed by atoms with Crippen molar-refractivity contribution in [3.05, 3.63) is 87.6 Å². The molecule has 2 aromatic carbocycles. The lowest BCUT2D eigenvalue weighted by atomic mass is 10.0. The minimum absolute atomic E-state index is 0.0600. The standard InChI is InChI=1S/C24H25N3O2S/c1-16-8-10-17(11-9-16)23(21-7-4-14-30-21)25-15-22(28)27-20-6-3-2-5-19(20)24(29)26-18-12-13-18/h2-11,14,18,23,25H,12-13,15H2,1H3,(H,26,29)(H,27,28)/p+1/t23-/m0/s1. The number of amides is 2. The van der Waals surface area contributed by atoms with Crippen molar-refractivity contribution < 1.29 is 14.9 Å². The third kappa shape index (κ3) is 5.14. The number of benzene rings is 2. The normalized spacial score (nSPS) is 14.2. The van der Waals surface area contributed by atoms with Gasteiger partial charge in [-0.15, -0.1) is 11.3 Å². The molecule has 1 heterocycles. The van der Waals surface area contributed by atoms with Gasteiger partial charge < -0.3 is 16.0 Å². The fourth-order valence-electron chi connectivity index (χ4n) is 3.37. The summed E-state index contributed by atoms with van der Waals surface area (Å²) in [6, 6.07) is 20.1. The van der Waals surface area contributed by atoms with Crippen LogP contribution in [0.15, 0.2) is 66.0 Å². The Hall–Kier alpha value is -2.96. The van der Waals surface area contributed by atoms with Crippen LogP contribution in [0.3, 0.4) is 0 Å². The zero-order chi connectivity index (χ0) is 20.9. The van der Waals surface area contributed by atoms with Crippen molar-refractivity contribution in [1.29, 1.82) is 0 Å². The summed E-state index contributed by atoms with van der Waals surface area (Å²) < 4.78 is 0. The molecule has 5 nitrogen and oxygen atoms in total. The maximum Gasteiger partial charge on any atom is 0.279 e. The summed E-state index contributed by atoms with van der Waals surface area (Å²) in [5.41, 5.74) is 3.44. The molecular weight excluding hydrogens is 394 g/mol. The van der Waals surface area contributed by atoms with Gasteiger partial charge in [-0.1, -0.05) is 48.0 Å². The van der Waals surface area contributed by atoms with E-state index in [0.29, 0.717) is 11.3 Å². The van der Waals surface area contributed by atoms with Gasteiger partial charge in [0.25, 0.3) is 11.8 Å². The molecule has 0 spiro atoms. The lowest BCUT2D eigenvalue weighted by Crippen LogP contribution is -2.87. The van der Waals surface area contributed by atoms with Gasteiger partial charge in [-0.05, 0) is 43.3 Å². The molecular formula is C24H26N3O2S+. The Bertz CT molecular complexity index is 1010. The van der Waals surface area contributed by atoms with Crippen molar-refractivity contribution in [3.63, 3.8) is 0 Å². The highest BCUT2D eigenvalue weighted by atomic mass is 32.1. The van der Waals surface area contributed by atoms with E-state index < -0.39 is 0 Å². The second-order valence-electron chi connectivity index (χ2n) is 7.69. The predicted molar refractivity (Wildman–Crippen MR) is 120 cm³/mol. The molecule has 1 aromatic heterocycles. The fourth-order valence-corrected chi connectivity index (χ4v) is 4.22. The molecule has 30 heavy (non-hydrogen) atoms. The van der Waals surface area contributed by atoms with Crippen LogP contribution in [-0.4, -0.2) is 24.4 Å². The van der Waals surface area contributed by atoms with Gasteiger partial charge in [0.05, 0.1) is 16.1 Å². The minimum atomic E-state index is -0.131. The number of carbonyl (C=O) groups is 2. The van der Waals surface area contributed by atoms with Crippen molar-refractivity contribution in [1.82, 2.24) is 5.32 Å². The number of anilines is 1. The number of hydrogen-bond donors (Lipinski definition) is 3. The summed E-state index contributed by atoms with van der Waals surface area (Å²) in [6.07, 6.45) is 2.05. The van der Waals surface area contributed by atoms with Crippen molar-refractivity contribution in [2.75, 3.05) is 11.9 Å². The van der Waals surface area contributed by atoms with E-state index in [-0.39, 0.29) is 30.4 Å². The first kappa shape index (κ1) is 20.3. The number of rotatable bonds is 8. The van der Waals surface area contributed by atoms with Gasteiger partial charge in [-0.25, -0.2) is 0 Å². The lowest BCUT2D eigenvalue weighted by Gasteiger charge is -2.16. The Morgan fingerprint density at radius 1 is 1.07 bits per heavy atom. The van der Waals surface area contributed by atoms with Crippen molar-refractivity contribution in [3.8, 4) is 0 Å². The third-order valence-electron chi connectivity index (χ3n) is 5.18. The van der Waals surface area contributed by atoms with Crippen LogP contribution < -0.4 is 16.0 Å². The molecule has 0 bridgehead atoms. The maximum absolute atomic E-state index is 12.7. The molecule has 1 aliphatic carbocycles. The molecule has 1 saturated carbocycles. The lowest BCUT2D eigenvalue weighted by molar-refractivity contribution is -0.675. The maximum atomic E-state index is 12.7. The van der Waals surface area contributed by atoms with Crippen LogP contribution in [-0.2, 0) is 4.79 Å². The molecule has 1 fully saturated rings. The van der Waals surface area contributed by atoms with Crippen molar-refractivity contribution in [2.24, 2.45) is 0 Å². The van der Waals surface area contributed by atoms with Gasteiger partial charge >= 0.3 is 0 Å². The first-order valence-electron chi connectivity index (χ1n) is 10.2. The zero-order valence-corrected chi connectivity index (χ0v) is 17.7. The van der Waals surface area contributed by atoms with E-state index in [1.165, 1.54) is 16.0 Å². The van der Waals surface area contributed by atoms with Crippen LogP contribution in [0.25, 0.3) is 0 Å². The number of hydrogen-bond acceptors (Lipinski definition) is 3. The summed E-state index contributed by atoms with van der Waals surface area (Å²) >= 11 is 1.69. The first-order chi connectivity index (χ1) is 14.6. The summed E-state index contributed by atoms with van der Waals surface area (Å²) in [4.78, 5) is 26.4. The molecule has 154 valence electrons. The third-order valence-corrected chi connectivity index (χ3v) is 6.14. The smallest absolute Gasteiger partial charge is 0.279 e. The van der Waals surface area contributed by atoms with Gasteiger partial charge in [-0.3, -0.25) is 9.59 Å². The monoisotopic (exact) mass is 420 g/mol. The average molecular weight is 421 g/mol. The Kier molecular flexibility index (Phi) is 6.26. The molecule has 4 rings (SSSR count). The number of nitrogens with one attached hydrogen (secondary N) is 2. The highest BCUT2D eigenvalue weighted by Gasteiger charge is 2.25. The number of para-hydroxylation sites is 1. The van der Waals surface area contributed by atoms with E-state index in [4.69, 9.17) is 0 Å². The van der Waals surface area contributed by atoms with Gasteiger partial charge in [0.2, 0.25) is 0 Å². The molecule has 1 aliphatic rings. The first-order valence-corrected chi connectivity index (χ1v) is 11.1. The quantitative estimate of drug-likeness (QED) is 0.523. The number of thiophene rings is 1. The number of carbonyl (C=O) groups excluding carboxylic acids is 2. The molecule has 0 saturated heterocycles. The summed E-state index contributed by atoms with van der Waals surface area (Å²) in [7, 11) is 0. The van der Waals surface area contributed by atoms with Crippen LogP contribution >= 0.6 is 11.3 Å². The zero-order valence-electron chi connectivity index (χ0n) is 16.9. The molecule has 4 N–H and O–H groups in total. The van der Waals surface area contributed by atoms with Crippen molar-refractivity contribution >= 4 is 28.8 Å². The Morgan fingerprint density at radius 2 is 1.83 bits per heavy atom. The topological polar surface area (TPSA) is 74.8 Å². The second kappa shape index (κ2) is 9.24. The number of quaternary nitrogens is 1. The molecule has 6 heteroatoms. The fraction of sp³-hybridized carbons (Fsp3) is 0.250. The summed E-state index contributed by atoms with van der Waals surface area (Å²) in [5, 5.41) is 10.00. The minimum Gasteiger partial charge on any atom is -0.349 e. The second-order valence-corrected chi connectivity index (χ2v) is 8.66. The van der Waals surface area contributed by atoms with E-state index in [2.05, 4.69) is 53.3 Å². The van der Waals surface area contributed by atoms with Crippen LogP contribution in [0.5, 0.6) is 0 Å². The van der Waals surface area contributed by atoms with Crippen molar-refractivity contribution in [2.45, 2.75) is 31.8 Å².